The highest BCUT2D eigenvalue weighted by Crippen LogP contribution is 2.29. The van der Waals surface area contributed by atoms with E-state index in [1.165, 1.54) is 0 Å². The molecule has 0 saturated carbocycles. The second-order valence-electron chi connectivity index (χ2n) is 3.78. The molecule has 17 heavy (non-hydrogen) atoms. The summed E-state index contributed by atoms with van der Waals surface area (Å²) in [5.74, 6) is 0.858. The molecule has 0 aliphatic heterocycles. The highest BCUT2D eigenvalue weighted by atomic mass is 16.5. The minimum Gasteiger partial charge on any atom is -0.493 e. The number of benzene rings is 1. The molecule has 0 aliphatic rings. The van der Waals surface area contributed by atoms with Crippen LogP contribution in [0.1, 0.15) is 12.6 Å². The number of aryl methyl sites for hydroxylation is 1. The molecule has 2 rings (SSSR count). The monoisotopic (exact) mass is 231 g/mol. The smallest absolute Gasteiger partial charge is 0.128 e. The Morgan fingerprint density at radius 2 is 2.12 bits per heavy atom. The van der Waals surface area contributed by atoms with Gasteiger partial charge in [-0.15, -0.1) is 0 Å². The number of para-hydroxylation sites is 1. The average molecular weight is 231 g/mol. The first-order valence-corrected chi connectivity index (χ1v) is 5.71. The first kappa shape index (κ1) is 11.7. The largest absolute Gasteiger partial charge is 0.493 e. The molecule has 0 bridgehead atoms. The number of nitrogens with two attached hydrogens (primary N) is 1. The molecule has 0 atom stereocenters. The molecular formula is C13H17N3O. The Morgan fingerprint density at radius 1 is 1.35 bits per heavy atom. The molecule has 0 unspecified atom stereocenters. The van der Waals surface area contributed by atoms with Crippen LogP contribution in [0.2, 0.25) is 0 Å². The second kappa shape index (κ2) is 5.01. The van der Waals surface area contributed by atoms with E-state index in [0.29, 0.717) is 13.2 Å². The molecule has 0 saturated heterocycles. The van der Waals surface area contributed by atoms with Gasteiger partial charge in [0.2, 0.25) is 0 Å². The summed E-state index contributed by atoms with van der Waals surface area (Å²) >= 11 is 0. The molecule has 90 valence electrons. The third-order valence-electron chi connectivity index (χ3n) is 2.65. The Balaban J connectivity index is 2.44. The van der Waals surface area contributed by atoms with Crippen LogP contribution in [0, 0.1) is 0 Å². The minimum atomic E-state index is 0.486. The molecule has 1 aromatic carbocycles. The molecule has 0 radical (unpaired) electrons. The van der Waals surface area contributed by atoms with Gasteiger partial charge in [0.05, 0.1) is 18.0 Å². The molecule has 2 aromatic rings. The van der Waals surface area contributed by atoms with E-state index in [1.54, 1.807) is 4.68 Å². The molecule has 0 spiro atoms. The standard InChI is InChI=1S/C13H17N3O/c1-3-17-13-7-5-4-6-11(13)12-8-10(9-14)16(2)15-12/h4-8H,3,9,14H2,1-2H3. The van der Waals surface area contributed by atoms with Crippen molar-refractivity contribution in [2.45, 2.75) is 13.5 Å². The predicted octanol–water partition coefficient (Wildman–Crippen LogP) is 1.94. The van der Waals surface area contributed by atoms with Gasteiger partial charge in [0, 0.05) is 19.2 Å². The highest BCUT2D eigenvalue weighted by molar-refractivity contribution is 5.67. The maximum absolute atomic E-state index is 5.65. The van der Waals surface area contributed by atoms with Crippen molar-refractivity contribution in [2.24, 2.45) is 12.8 Å². The first-order valence-electron chi connectivity index (χ1n) is 5.71. The van der Waals surface area contributed by atoms with Gasteiger partial charge in [0.25, 0.3) is 0 Å². The Bertz CT molecular complexity index is 505. The lowest BCUT2D eigenvalue weighted by molar-refractivity contribution is 0.341. The second-order valence-corrected chi connectivity index (χ2v) is 3.78. The van der Waals surface area contributed by atoms with Crippen molar-refractivity contribution in [3.63, 3.8) is 0 Å². The summed E-state index contributed by atoms with van der Waals surface area (Å²) < 4.78 is 7.40. The van der Waals surface area contributed by atoms with Crippen molar-refractivity contribution >= 4 is 0 Å². The van der Waals surface area contributed by atoms with E-state index in [2.05, 4.69) is 5.10 Å². The zero-order valence-electron chi connectivity index (χ0n) is 10.2. The Kier molecular flexibility index (Phi) is 3.44. The van der Waals surface area contributed by atoms with Crippen LogP contribution >= 0.6 is 0 Å². The summed E-state index contributed by atoms with van der Waals surface area (Å²) in [4.78, 5) is 0. The predicted molar refractivity (Wildman–Crippen MR) is 67.7 cm³/mol. The number of nitrogens with zero attached hydrogens (tertiary/aromatic N) is 2. The number of rotatable bonds is 4. The van der Waals surface area contributed by atoms with Gasteiger partial charge in [-0.3, -0.25) is 4.68 Å². The van der Waals surface area contributed by atoms with Gasteiger partial charge < -0.3 is 10.5 Å². The molecule has 1 heterocycles. The number of ether oxygens (including phenoxy) is 1. The average Bonchev–Trinajstić information content (AvgIpc) is 2.71. The molecule has 0 fully saturated rings. The van der Waals surface area contributed by atoms with E-state index < -0.39 is 0 Å². The summed E-state index contributed by atoms with van der Waals surface area (Å²) in [5, 5.41) is 4.45. The number of hydrogen-bond donors (Lipinski definition) is 1. The van der Waals surface area contributed by atoms with Gasteiger partial charge >= 0.3 is 0 Å². The fourth-order valence-electron chi connectivity index (χ4n) is 1.79. The first-order chi connectivity index (χ1) is 8.26. The number of hydrogen-bond acceptors (Lipinski definition) is 3. The van der Waals surface area contributed by atoms with Gasteiger partial charge in [-0.1, -0.05) is 12.1 Å². The van der Waals surface area contributed by atoms with Crippen LogP contribution in [-0.2, 0) is 13.6 Å². The molecule has 1 aromatic heterocycles. The zero-order valence-corrected chi connectivity index (χ0v) is 10.2. The van der Waals surface area contributed by atoms with Crippen molar-refractivity contribution in [1.29, 1.82) is 0 Å². The van der Waals surface area contributed by atoms with Crippen LogP contribution in [0.15, 0.2) is 30.3 Å². The highest BCUT2D eigenvalue weighted by Gasteiger charge is 2.10. The van der Waals surface area contributed by atoms with Gasteiger partial charge in [-0.2, -0.15) is 5.10 Å². The third-order valence-corrected chi connectivity index (χ3v) is 2.65. The van der Waals surface area contributed by atoms with Crippen molar-refractivity contribution in [2.75, 3.05) is 6.61 Å². The Morgan fingerprint density at radius 3 is 2.76 bits per heavy atom. The number of aromatic nitrogens is 2. The summed E-state index contributed by atoms with van der Waals surface area (Å²) in [6.07, 6.45) is 0. The van der Waals surface area contributed by atoms with Crippen LogP contribution in [0.25, 0.3) is 11.3 Å². The van der Waals surface area contributed by atoms with Crippen molar-refractivity contribution in [3.8, 4) is 17.0 Å². The maximum Gasteiger partial charge on any atom is 0.128 e. The lowest BCUT2D eigenvalue weighted by Crippen LogP contribution is -2.03. The molecular weight excluding hydrogens is 214 g/mol. The van der Waals surface area contributed by atoms with Gasteiger partial charge in [-0.25, -0.2) is 0 Å². The third kappa shape index (κ3) is 2.31. The van der Waals surface area contributed by atoms with Crippen LogP contribution in [-0.4, -0.2) is 16.4 Å². The van der Waals surface area contributed by atoms with Gasteiger partial charge in [-0.05, 0) is 25.1 Å². The quantitative estimate of drug-likeness (QED) is 0.875. The topological polar surface area (TPSA) is 53.1 Å². The molecule has 0 aliphatic carbocycles. The molecule has 4 heteroatoms. The van der Waals surface area contributed by atoms with Crippen molar-refractivity contribution in [1.82, 2.24) is 9.78 Å². The lowest BCUT2D eigenvalue weighted by atomic mass is 10.1. The fourth-order valence-corrected chi connectivity index (χ4v) is 1.79. The molecule has 4 nitrogen and oxygen atoms in total. The SMILES string of the molecule is CCOc1ccccc1-c1cc(CN)n(C)n1. The Hall–Kier alpha value is -1.81. The summed E-state index contributed by atoms with van der Waals surface area (Å²) in [6.45, 7) is 3.11. The van der Waals surface area contributed by atoms with Crippen LogP contribution in [0.3, 0.4) is 0 Å². The van der Waals surface area contributed by atoms with Crippen LogP contribution in [0.5, 0.6) is 5.75 Å². The van der Waals surface area contributed by atoms with E-state index in [1.807, 2.05) is 44.3 Å². The summed E-state index contributed by atoms with van der Waals surface area (Å²) in [5.41, 5.74) is 8.56. The van der Waals surface area contributed by atoms with Crippen molar-refractivity contribution < 1.29 is 4.74 Å². The molecule has 2 N–H and O–H groups in total. The molecule has 0 amide bonds. The maximum atomic E-state index is 5.65. The minimum absolute atomic E-state index is 0.486. The van der Waals surface area contributed by atoms with Crippen LogP contribution in [0.4, 0.5) is 0 Å². The fraction of sp³-hybridized carbons (Fsp3) is 0.308. The zero-order chi connectivity index (χ0) is 12.3. The van der Waals surface area contributed by atoms with Crippen molar-refractivity contribution in [3.05, 3.63) is 36.0 Å². The van der Waals surface area contributed by atoms with E-state index in [9.17, 15) is 0 Å². The summed E-state index contributed by atoms with van der Waals surface area (Å²) in [6, 6.07) is 9.90. The van der Waals surface area contributed by atoms with E-state index in [0.717, 1.165) is 22.7 Å². The van der Waals surface area contributed by atoms with E-state index >= 15 is 0 Å². The van der Waals surface area contributed by atoms with Gasteiger partial charge in [0.15, 0.2) is 0 Å². The van der Waals surface area contributed by atoms with Gasteiger partial charge in [0.1, 0.15) is 5.75 Å². The normalized spacial score (nSPS) is 10.5. The van der Waals surface area contributed by atoms with Crippen LogP contribution < -0.4 is 10.5 Å². The van der Waals surface area contributed by atoms with E-state index in [-0.39, 0.29) is 0 Å². The Labute approximate surface area is 101 Å². The lowest BCUT2D eigenvalue weighted by Gasteiger charge is -2.07. The summed E-state index contributed by atoms with van der Waals surface area (Å²) in [7, 11) is 1.90. The van der Waals surface area contributed by atoms with E-state index in [4.69, 9.17) is 10.5 Å².